The van der Waals surface area contributed by atoms with Crippen molar-refractivity contribution in [3.63, 3.8) is 0 Å². The summed E-state index contributed by atoms with van der Waals surface area (Å²) < 4.78 is 19.2. The topological polar surface area (TPSA) is 79.0 Å². The Labute approximate surface area is 167 Å². The van der Waals surface area contributed by atoms with Crippen molar-refractivity contribution in [3.05, 3.63) is 59.4 Å². The summed E-state index contributed by atoms with van der Waals surface area (Å²) in [5.41, 5.74) is 0.890. The van der Waals surface area contributed by atoms with Gasteiger partial charge in [0.15, 0.2) is 0 Å². The molecule has 1 N–H and O–H groups in total. The van der Waals surface area contributed by atoms with Crippen molar-refractivity contribution in [2.45, 2.75) is 25.4 Å². The molecule has 1 unspecified atom stereocenters. The second-order valence-corrected chi connectivity index (χ2v) is 7.03. The number of hydrogen-bond acceptors (Lipinski definition) is 4. The molecule has 2 fully saturated rings. The number of halogens is 1. The summed E-state index contributed by atoms with van der Waals surface area (Å²) in [6.45, 7) is 0.690. The Balaban J connectivity index is 1.56. The van der Waals surface area contributed by atoms with Gasteiger partial charge >= 0.3 is 6.03 Å². The zero-order valence-electron chi connectivity index (χ0n) is 15.9. The minimum Gasteiger partial charge on any atom is -0.495 e. The highest BCUT2D eigenvalue weighted by molar-refractivity contribution is 6.06. The van der Waals surface area contributed by atoms with Crippen molar-refractivity contribution >= 4 is 23.5 Å². The predicted octanol–water partition coefficient (Wildman–Crippen LogP) is 3.01. The Kier molecular flexibility index (Phi) is 4.92. The Morgan fingerprint density at radius 1 is 1.24 bits per heavy atom. The summed E-state index contributed by atoms with van der Waals surface area (Å²) in [5, 5.41) is 2.64. The molecule has 0 bridgehead atoms. The van der Waals surface area contributed by atoms with Gasteiger partial charge in [-0.25, -0.2) is 9.18 Å². The highest BCUT2D eigenvalue weighted by atomic mass is 19.1. The molecule has 7 nitrogen and oxygen atoms in total. The van der Waals surface area contributed by atoms with Crippen molar-refractivity contribution in [1.82, 2.24) is 9.80 Å². The van der Waals surface area contributed by atoms with Crippen LogP contribution in [-0.4, -0.2) is 47.3 Å². The van der Waals surface area contributed by atoms with Crippen LogP contribution < -0.4 is 10.1 Å². The molecule has 2 aliphatic heterocycles. The van der Waals surface area contributed by atoms with Gasteiger partial charge in [0.2, 0.25) is 0 Å². The van der Waals surface area contributed by atoms with E-state index in [1.165, 1.54) is 30.2 Å². The van der Waals surface area contributed by atoms with Crippen LogP contribution in [0.15, 0.2) is 42.5 Å². The van der Waals surface area contributed by atoms with E-state index in [0.29, 0.717) is 30.0 Å². The number of ether oxygens (including phenoxy) is 1. The average molecular weight is 397 g/mol. The lowest BCUT2D eigenvalue weighted by molar-refractivity contribution is -0.128. The lowest BCUT2D eigenvalue weighted by atomic mass is 10.1. The lowest BCUT2D eigenvalue weighted by Crippen LogP contribution is -2.32. The first-order valence-electron chi connectivity index (χ1n) is 9.34. The maximum absolute atomic E-state index is 13.9. The Bertz CT molecular complexity index is 972. The number of methoxy groups -OCH3 is 1. The van der Waals surface area contributed by atoms with Gasteiger partial charge in [0, 0.05) is 6.54 Å². The molecule has 2 aromatic rings. The number of urea groups is 1. The standard InChI is InChI=1S/C21H20FN3O4/c1-29-18-9-8-13(12-25-20(27)17-7-4-10-24(17)21(25)28)11-16(18)23-19(26)14-5-2-3-6-15(14)22/h2-3,5-6,8-9,11,17H,4,7,10,12H2,1H3,(H,23,26). The summed E-state index contributed by atoms with van der Waals surface area (Å²) >= 11 is 0. The molecule has 4 amide bonds. The fourth-order valence-corrected chi connectivity index (χ4v) is 3.80. The highest BCUT2D eigenvalue weighted by Gasteiger charge is 2.47. The molecular weight excluding hydrogens is 377 g/mol. The SMILES string of the molecule is COc1ccc(CN2C(=O)C3CCCN3C2=O)cc1NC(=O)c1ccccc1F. The number of fused-ring (bicyclic) bond motifs is 1. The smallest absolute Gasteiger partial charge is 0.327 e. The Hall–Kier alpha value is -3.42. The van der Waals surface area contributed by atoms with Crippen LogP contribution in [0.4, 0.5) is 14.9 Å². The number of amides is 4. The Morgan fingerprint density at radius 3 is 2.76 bits per heavy atom. The minimum atomic E-state index is -0.631. The molecule has 0 aliphatic carbocycles. The van der Waals surface area contributed by atoms with E-state index in [-0.39, 0.29) is 30.1 Å². The number of nitrogens with zero attached hydrogens (tertiary/aromatic N) is 2. The van der Waals surface area contributed by atoms with Crippen LogP contribution in [0.5, 0.6) is 5.75 Å². The second kappa shape index (κ2) is 7.54. The van der Waals surface area contributed by atoms with Crippen LogP contribution in [-0.2, 0) is 11.3 Å². The number of carbonyl (C=O) groups excluding carboxylic acids is 3. The number of benzene rings is 2. The van der Waals surface area contributed by atoms with E-state index in [1.807, 2.05) is 0 Å². The van der Waals surface area contributed by atoms with E-state index in [9.17, 15) is 18.8 Å². The van der Waals surface area contributed by atoms with E-state index in [2.05, 4.69) is 5.32 Å². The number of hydrogen-bond donors (Lipinski definition) is 1. The maximum Gasteiger partial charge on any atom is 0.327 e. The van der Waals surface area contributed by atoms with E-state index in [4.69, 9.17) is 4.74 Å². The number of anilines is 1. The maximum atomic E-state index is 13.9. The minimum absolute atomic E-state index is 0.0921. The first kappa shape index (κ1) is 18.9. The van der Waals surface area contributed by atoms with Crippen molar-refractivity contribution in [1.29, 1.82) is 0 Å². The normalized spacial score (nSPS) is 18.2. The molecule has 0 spiro atoms. The molecule has 150 valence electrons. The highest BCUT2D eigenvalue weighted by Crippen LogP contribution is 2.31. The molecule has 1 atom stereocenters. The van der Waals surface area contributed by atoms with Crippen LogP contribution in [0.2, 0.25) is 0 Å². The first-order chi connectivity index (χ1) is 14.0. The zero-order chi connectivity index (χ0) is 20.5. The van der Waals surface area contributed by atoms with Crippen molar-refractivity contribution in [2.75, 3.05) is 19.0 Å². The van der Waals surface area contributed by atoms with E-state index >= 15 is 0 Å². The van der Waals surface area contributed by atoms with Crippen molar-refractivity contribution < 1.29 is 23.5 Å². The van der Waals surface area contributed by atoms with Gasteiger partial charge in [0.05, 0.1) is 24.9 Å². The number of rotatable bonds is 5. The third-order valence-corrected chi connectivity index (χ3v) is 5.25. The van der Waals surface area contributed by atoms with Crippen LogP contribution in [0.3, 0.4) is 0 Å². The van der Waals surface area contributed by atoms with Gasteiger partial charge < -0.3 is 15.0 Å². The van der Waals surface area contributed by atoms with Gasteiger partial charge in [0.1, 0.15) is 17.6 Å². The molecule has 0 radical (unpaired) electrons. The first-order valence-corrected chi connectivity index (χ1v) is 9.34. The van der Waals surface area contributed by atoms with E-state index in [1.54, 1.807) is 29.2 Å². The fraction of sp³-hybridized carbons (Fsp3) is 0.286. The van der Waals surface area contributed by atoms with Crippen molar-refractivity contribution in [3.8, 4) is 5.75 Å². The Morgan fingerprint density at radius 2 is 2.03 bits per heavy atom. The summed E-state index contributed by atoms with van der Waals surface area (Å²) in [6.07, 6.45) is 1.53. The van der Waals surface area contributed by atoms with Crippen LogP contribution in [0.25, 0.3) is 0 Å². The molecular formula is C21H20FN3O4. The number of imide groups is 1. The van der Waals surface area contributed by atoms with Crippen LogP contribution in [0.1, 0.15) is 28.8 Å². The van der Waals surface area contributed by atoms with E-state index in [0.717, 1.165) is 6.42 Å². The predicted molar refractivity (Wildman–Crippen MR) is 103 cm³/mol. The molecule has 2 aliphatic rings. The van der Waals surface area contributed by atoms with Gasteiger partial charge in [-0.3, -0.25) is 14.5 Å². The van der Waals surface area contributed by atoms with Gasteiger partial charge in [-0.1, -0.05) is 18.2 Å². The average Bonchev–Trinajstić information content (AvgIpc) is 3.28. The molecule has 0 aromatic heterocycles. The summed E-state index contributed by atoms with van der Waals surface area (Å²) in [5.74, 6) is -1.06. The molecule has 8 heteroatoms. The van der Waals surface area contributed by atoms with Crippen LogP contribution >= 0.6 is 0 Å². The number of carbonyl (C=O) groups is 3. The third kappa shape index (κ3) is 3.41. The van der Waals surface area contributed by atoms with Crippen LogP contribution in [0, 0.1) is 5.82 Å². The second-order valence-electron chi connectivity index (χ2n) is 7.03. The van der Waals surface area contributed by atoms with Crippen molar-refractivity contribution in [2.24, 2.45) is 0 Å². The van der Waals surface area contributed by atoms with E-state index < -0.39 is 11.7 Å². The van der Waals surface area contributed by atoms with Gasteiger partial charge in [0.25, 0.3) is 11.8 Å². The summed E-state index contributed by atoms with van der Waals surface area (Å²) in [7, 11) is 1.45. The quantitative estimate of drug-likeness (QED) is 0.787. The summed E-state index contributed by atoms with van der Waals surface area (Å²) in [4.78, 5) is 40.3. The molecule has 2 saturated heterocycles. The van der Waals surface area contributed by atoms with Gasteiger partial charge in [-0.05, 0) is 42.7 Å². The molecule has 4 rings (SSSR count). The molecule has 2 heterocycles. The fourth-order valence-electron chi connectivity index (χ4n) is 3.80. The van der Waals surface area contributed by atoms with Gasteiger partial charge in [-0.15, -0.1) is 0 Å². The lowest BCUT2D eigenvalue weighted by Gasteiger charge is -2.17. The molecule has 0 saturated carbocycles. The number of nitrogens with one attached hydrogen (secondary N) is 1. The largest absolute Gasteiger partial charge is 0.495 e. The van der Waals surface area contributed by atoms with Gasteiger partial charge in [-0.2, -0.15) is 0 Å². The molecule has 29 heavy (non-hydrogen) atoms. The summed E-state index contributed by atoms with van der Waals surface area (Å²) in [6, 6.07) is 10.0. The molecule has 2 aromatic carbocycles. The zero-order valence-corrected chi connectivity index (χ0v) is 15.9. The monoisotopic (exact) mass is 397 g/mol. The third-order valence-electron chi connectivity index (χ3n) is 5.25.